The second kappa shape index (κ2) is 9.49. The first kappa shape index (κ1) is 22.0. The molecule has 0 unspecified atom stereocenters. The molecule has 3 heterocycles. The highest BCUT2D eigenvalue weighted by Gasteiger charge is 2.50. The highest BCUT2D eigenvalue weighted by atomic mass is 16.5. The lowest BCUT2D eigenvalue weighted by molar-refractivity contribution is -0.141. The van der Waals surface area contributed by atoms with Gasteiger partial charge in [0.15, 0.2) is 0 Å². The second-order valence-corrected chi connectivity index (χ2v) is 8.51. The molecule has 1 aromatic carbocycles. The molecule has 6 nitrogen and oxygen atoms in total. The van der Waals surface area contributed by atoms with Gasteiger partial charge in [0.25, 0.3) is 0 Å². The van der Waals surface area contributed by atoms with Gasteiger partial charge in [-0.05, 0) is 68.3 Å². The molecule has 166 valence electrons. The first-order valence-corrected chi connectivity index (χ1v) is 11.0. The number of amides is 1. The zero-order valence-electron chi connectivity index (χ0n) is 19.0. The van der Waals surface area contributed by atoms with Crippen LogP contribution in [0.25, 0.3) is 0 Å². The van der Waals surface area contributed by atoms with E-state index in [2.05, 4.69) is 22.0 Å². The molecule has 2 aromatic heterocycles. The topological polar surface area (TPSA) is 58.6 Å². The fourth-order valence-electron chi connectivity index (χ4n) is 4.47. The number of aromatic nitrogens is 2. The lowest BCUT2D eigenvalue weighted by atomic mass is 9.89. The molecule has 0 N–H and O–H groups in total. The molecule has 1 aliphatic rings. The van der Waals surface area contributed by atoms with Crippen molar-refractivity contribution in [1.29, 1.82) is 0 Å². The average Bonchev–Trinajstić information content (AvgIpc) is 3.22. The summed E-state index contributed by atoms with van der Waals surface area (Å²) in [4.78, 5) is 26.6. The van der Waals surface area contributed by atoms with Crippen molar-refractivity contribution in [2.75, 3.05) is 20.6 Å². The molecule has 1 fully saturated rings. The number of pyridine rings is 2. The maximum absolute atomic E-state index is 13.5. The van der Waals surface area contributed by atoms with Crippen LogP contribution in [0.1, 0.15) is 35.5 Å². The molecular formula is C26H30N4O2. The number of likely N-dealkylation sites (N-methyl/N-ethyl adjacent to an activating group) is 1. The summed E-state index contributed by atoms with van der Waals surface area (Å²) in [7, 11) is 3.64. The molecule has 6 heteroatoms. The van der Waals surface area contributed by atoms with Crippen molar-refractivity contribution in [2.45, 2.75) is 38.5 Å². The van der Waals surface area contributed by atoms with Crippen molar-refractivity contribution < 1.29 is 9.53 Å². The van der Waals surface area contributed by atoms with Crippen molar-refractivity contribution in [3.63, 3.8) is 0 Å². The van der Waals surface area contributed by atoms with Crippen molar-refractivity contribution in [1.82, 2.24) is 19.8 Å². The number of aryl methyl sites for hydroxylation is 1. The third kappa shape index (κ3) is 4.50. The van der Waals surface area contributed by atoms with Gasteiger partial charge in [-0.3, -0.25) is 19.7 Å². The summed E-state index contributed by atoms with van der Waals surface area (Å²) < 4.78 is 5.97. The van der Waals surface area contributed by atoms with E-state index in [9.17, 15) is 4.79 Å². The number of hydrogen-bond donors (Lipinski definition) is 0. The number of carbonyl (C=O) groups is 1. The molecule has 1 amide bonds. The van der Waals surface area contributed by atoms with Crippen LogP contribution in [0.2, 0.25) is 0 Å². The number of carbonyl (C=O) groups excluding carboxylic acids is 1. The van der Waals surface area contributed by atoms with Crippen molar-refractivity contribution in [2.24, 2.45) is 0 Å². The molecular weight excluding hydrogens is 400 g/mol. The third-order valence-corrected chi connectivity index (χ3v) is 5.96. The summed E-state index contributed by atoms with van der Waals surface area (Å²) in [6.07, 6.45) is 3.48. The molecule has 1 aliphatic heterocycles. The van der Waals surface area contributed by atoms with Gasteiger partial charge in [0, 0.05) is 32.5 Å². The summed E-state index contributed by atoms with van der Waals surface area (Å²) in [5.41, 5.74) is 2.99. The first-order valence-electron chi connectivity index (χ1n) is 11.0. The third-order valence-electron chi connectivity index (χ3n) is 5.96. The van der Waals surface area contributed by atoms with Crippen LogP contribution >= 0.6 is 0 Å². The summed E-state index contributed by atoms with van der Waals surface area (Å²) in [5.74, 6) is 0.876. The lowest BCUT2D eigenvalue weighted by Gasteiger charge is -2.38. The molecule has 0 radical (unpaired) electrons. The van der Waals surface area contributed by atoms with Crippen LogP contribution in [0, 0.1) is 6.92 Å². The maximum Gasteiger partial charge on any atom is 0.248 e. The second-order valence-electron chi connectivity index (χ2n) is 8.51. The van der Waals surface area contributed by atoms with E-state index in [-0.39, 0.29) is 5.91 Å². The zero-order valence-corrected chi connectivity index (χ0v) is 19.0. The first-order chi connectivity index (χ1) is 15.5. The smallest absolute Gasteiger partial charge is 0.248 e. The summed E-state index contributed by atoms with van der Waals surface area (Å²) >= 11 is 0. The highest BCUT2D eigenvalue weighted by molar-refractivity contribution is 5.87. The van der Waals surface area contributed by atoms with Gasteiger partial charge in [0.2, 0.25) is 5.91 Å². The van der Waals surface area contributed by atoms with Gasteiger partial charge in [0.1, 0.15) is 17.9 Å². The zero-order chi connectivity index (χ0) is 22.6. The Morgan fingerprint density at radius 2 is 1.97 bits per heavy atom. The van der Waals surface area contributed by atoms with E-state index in [1.54, 1.807) is 11.1 Å². The van der Waals surface area contributed by atoms with E-state index in [0.717, 1.165) is 47.8 Å². The average molecular weight is 431 g/mol. The molecule has 4 rings (SSSR count). The van der Waals surface area contributed by atoms with Crippen LogP contribution < -0.4 is 4.74 Å². The Morgan fingerprint density at radius 3 is 2.72 bits per heavy atom. The number of likely N-dealkylation sites (tertiary alicyclic amines) is 1. The van der Waals surface area contributed by atoms with Gasteiger partial charge in [-0.1, -0.05) is 24.3 Å². The highest BCUT2D eigenvalue weighted by Crippen LogP contribution is 2.40. The predicted octanol–water partition coefficient (Wildman–Crippen LogP) is 3.94. The Morgan fingerprint density at radius 1 is 1.12 bits per heavy atom. The van der Waals surface area contributed by atoms with Crippen LogP contribution in [0.5, 0.6) is 5.75 Å². The fourth-order valence-corrected chi connectivity index (χ4v) is 4.47. The SMILES string of the molecule is Cc1cccc([C@]2(C(=O)N(C)C)CCCN2Cc2cccc(OCc3ccccn3)c2)n1. The van der Waals surface area contributed by atoms with Gasteiger partial charge < -0.3 is 9.64 Å². The molecule has 0 spiro atoms. The lowest BCUT2D eigenvalue weighted by Crippen LogP contribution is -2.52. The number of ether oxygens (including phenoxy) is 1. The van der Waals surface area contributed by atoms with E-state index in [4.69, 9.17) is 9.72 Å². The van der Waals surface area contributed by atoms with Gasteiger partial charge >= 0.3 is 0 Å². The van der Waals surface area contributed by atoms with Crippen LogP contribution in [-0.2, 0) is 23.5 Å². The molecule has 1 atom stereocenters. The summed E-state index contributed by atoms with van der Waals surface area (Å²) in [6.45, 7) is 3.88. The predicted molar refractivity (Wildman–Crippen MR) is 124 cm³/mol. The molecule has 0 saturated carbocycles. The van der Waals surface area contributed by atoms with E-state index in [0.29, 0.717) is 13.2 Å². The minimum atomic E-state index is -0.750. The van der Waals surface area contributed by atoms with E-state index >= 15 is 0 Å². The fraction of sp³-hybridized carbons (Fsp3) is 0.346. The monoisotopic (exact) mass is 430 g/mol. The largest absolute Gasteiger partial charge is 0.487 e. The Kier molecular flexibility index (Phi) is 6.51. The van der Waals surface area contributed by atoms with Crippen molar-refractivity contribution in [3.8, 4) is 5.75 Å². The van der Waals surface area contributed by atoms with E-state index in [1.165, 1.54) is 0 Å². The Bertz CT molecular complexity index is 1070. The van der Waals surface area contributed by atoms with Gasteiger partial charge in [-0.25, -0.2) is 0 Å². The van der Waals surface area contributed by atoms with Crippen LogP contribution in [0.4, 0.5) is 0 Å². The van der Waals surface area contributed by atoms with Gasteiger partial charge in [0.05, 0.1) is 11.4 Å². The summed E-state index contributed by atoms with van der Waals surface area (Å²) in [5, 5.41) is 0. The van der Waals surface area contributed by atoms with Crippen LogP contribution in [0.15, 0.2) is 66.9 Å². The van der Waals surface area contributed by atoms with E-state index < -0.39 is 5.54 Å². The number of nitrogens with zero attached hydrogens (tertiary/aromatic N) is 4. The number of hydrogen-bond acceptors (Lipinski definition) is 5. The number of rotatable bonds is 7. The molecule has 0 bridgehead atoms. The van der Waals surface area contributed by atoms with Crippen molar-refractivity contribution >= 4 is 5.91 Å². The van der Waals surface area contributed by atoms with Crippen molar-refractivity contribution in [3.05, 3.63) is 89.5 Å². The molecule has 0 aliphatic carbocycles. The van der Waals surface area contributed by atoms with Crippen LogP contribution in [-0.4, -0.2) is 46.3 Å². The van der Waals surface area contributed by atoms with Gasteiger partial charge in [-0.15, -0.1) is 0 Å². The minimum Gasteiger partial charge on any atom is -0.487 e. The minimum absolute atomic E-state index is 0.0793. The normalized spacial score (nSPS) is 18.5. The Balaban J connectivity index is 1.59. The van der Waals surface area contributed by atoms with Crippen LogP contribution in [0.3, 0.4) is 0 Å². The Labute approximate surface area is 189 Å². The molecule has 32 heavy (non-hydrogen) atoms. The van der Waals surface area contributed by atoms with Gasteiger partial charge in [-0.2, -0.15) is 0 Å². The standard InChI is InChI=1S/C26H30N4O2/c1-20-9-6-13-24(28-20)26(25(31)29(2)3)14-8-16-30(26)18-21-10-7-12-23(17-21)32-19-22-11-4-5-15-27-22/h4-7,9-13,15,17H,8,14,16,18-19H2,1-3H3/t26-/m0/s1. The van der Waals surface area contributed by atoms with E-state index in [1.807, 2.05) is 69.6 Å². The number of benzene rings is 1. The maximum atomic E-state index is 13.5. The molecule has 1 saturated heterocycles. The Hall–Kier alpha value is -3.25. The quantitative estimate of drug-likeness (QED) is 0.568. The molecule has 3 aromatic rings. The summed E-state index contributed by atoms with van der Waals surface area (Å²) in [6, 6.07) is 19.8.